The third kappa shape index (κ3) is 3.18. The fourth-order valence-corrected chi connectivity index (χ4v) is 11.1. The summed E-state index contributed by atoms with van der Waals surface area (Å²) in [6, 6.07) is 11.0. The van der Waals surface area contributed by atoms with Gasteiger partial charge in [0.1, 0.15) is 0 Å². The average Bonchev–Trinajstić information content (AvgIpc) is 3.06. The van der Waals surface area contributed by atoms with Crippen LogP contribution in [0, 0.1) is 0 Å². The van der Waals surface area contributed by atoms with Crippen LogP contribution in [0.3, 0.4) is 0 Å². The SMILES string of the molecule is C[C](C)=[Zr]([CH3])([C]1=CC=CC1)[c]1cc2ccccc2[nH]1.Cl.Cl. The fourth-order valence-electron chi connectivity index (χ4n) is 2.92. The minimum absolute atomic E-state index is 0. The smallest absolute Gasteiger partial charge is 0.147 e. The summed E-state index contributed by atoms with van der Waals surface area (Å²) in [5.74, 6) is 0. The molecule has 3 rings (SSSR count). The summed E-state index contributed by atoms with van der Waals surface area (Å²) in [6.07, 6.45) is 8.01. The largest absolute Gasteiger partial charge is 0.147 e. The van der Waals surface area contributed by atoms with Crippen molar-refractivity contribution in [1.82, 2.24) is 4.98 Å². The van der Waals surface area contributed by atoms with E-state index in [0.29, 0.717) is 0 Å². The van der Waals surface area contributed by atoms with E-state index in [1.165, 1.54) is 14.3 Å². The molecule has 0 saturated carbocycles. The summed E-state index contributed by atoms with van der Waals surface area (Å²) in [5.41, 5.74) is 1.27. The molecule has 0 spiro atoms. The topological polar surface area (TPSA) is 15.8 Å². The second-order valence-electron chi connectivity index (χ2n) is 5.72. The summed E-state index contributed by atoms with van der Waals surface area (Å²) in [5, 5.41) is 1.34. The molecule has 1 heterocycles. The van der Waals surface area contributed by atoms with Gasteiger partial charge in [0, 0.05) is 0 Å². The van der Waals surface area contributed by atoms with Crippen LogP contribution in [0.5, 0.6) is 0 Å². The second kappa shape index (κ2) is 7.22. The summed E-state index contributed by atoms with van der Waals surface area (Å²) in [7, 11) is 0. The average molecular weight is 403 g/mol. The summed E-state index contributed by atoms with van der Waals surface area (Å²) < 4.78 is 7.36. The van der Waals surface area contributed by atoms with Gasteiger partial charge >= 0.3 is 119 Å². The van der Waals surface area contributed by atoms with E-state index in [2.05, 4.69) is 72.0 Å². The number of hydrogen-bond donors (Lipinski definition) is 1. The number of rotatable bonds is 2. The molecule has 21 heavy (non-hydrogen) atoms. The maximum Gasteiger partial charge on any atom is -0.147 e. The zero-order chi connectivity index (χ0) is 13.5. The third-order valence-corrected chi connectivity index (χ3v) is 16.8. The second-order valence-corrected chi connectivity index (χ2v) is 16.6. The fraction of sp³-hybridized carbons (Fsp3) is 0.235. The minimum atomic E-state index is -2.56. The van der Waals surface area contributed by atoms with Crippen LogP contribution in [0.4, 0.5) is 0 Å². The Hall–Kier alpha value is -0.427. The van der Waals surface area contributed by atoms with Gasteiger partial charge in [0.2, 0.25) is 0 Å². The summed E-state index contributed by atoms with van der Waals surface area (Å²) in [4.78, 5) is 3.70. The molecule has 1 N–H and O–H groups in total. The van der Waals surface area contributed by atoms with Crippen LogP contribution in [0.1, 0.15) is 20.3 Å². The summed E-state index contributed by atoms with van der Waals surface area (Å²) in [6.45, 7) is 4.64. The zero-order valence-corrected chi connectivity index (χ0v) is 16.7. The summed E-state index contributed by atoms with van der Waals surface area (Å²) >= 11 is -2.56. The minimum Gasteiger partial charge on any atom is -0.147 e. The molecule has 1 aliphatic carbocycles. The molecular formula is C17H22Cl2NZr. The molecule has 0 saturated heterocycles. The van der Waals surface area contributed by atoms with E-state index < -0.39 is 19.8 Å². The number of H-pyrrole nitrogens is 1. The molecule has 1 unspecified atom stereocenters. The van der Waals surface area contributed by atoms with E-state index in [1.807, 2.05) is 0 Å². The van der Waals surface area contributed by atoms with Crippen LogP contribution in [0.2, 0.25) is 4.63 Å². The number of benzene rings is 1. The van der Waals surface area contributed by atoms with Gasteiger partial charge in [0.15, 0.2) is 0 Å². The Balaban J connectivity index is 0.00000110. The third-order valence-electron chi connectivity index (χ3n) is 4.48. The Morgan fingerprint density at radius 2 is 1.86 bits per heavy atom. The molecule has 1 nitrogen and oxygen atoms in total. The number of allylic oxidation sites excluding steroid dienone is 4. The molecular weight excluding hydrogens is 380 g/mol. The van der Waals surface area contributed by atoms with Crippen molar-refractivity contribution in [3.8, 4) is 0 Å². The Kier molecular flexibility index (Phi) is 6.41. The van der Waals surface area contributed by atoms with Gasteiger partial charge < -0.3 is 0 Å². The van der Waals surface area contributed by atoms with Crippen LogP contribution in [0.15, 0.2) is 51.8 Å². The molecule has 1 atom stereocenters. The predicted octanol–water partition coefficient (Wildman–Crippen LogP) is 4.89. The van der Waals surface area contributed by atoms with Crippen LogP contribution in [0.25, 0.3) is 10.9 Å². The Bertz CT molecular complexity index is 716. The molecule has 113 valence electrons. The van der Waals surface area contributed by atoms with E-state index in [4.69, 9.17) is 0 Å². The molecule has 2 aromatic rings. The first-order chi connectivity index (χ1) is 9.12. The van der Waals surface area contributed by atoms with Gasteiger partial charge in [-0.05, 0) is 0 Å². The quantitative estimate of drug-likeness (QED) is 0.736. The van der Waals surface area contributed by atoms with Crippen LogP contribution in [-0.2, 0) is 19.8 Å². The number of aromatic amines is 1. The number of aromatic nitrogens is 1. The van der Waals surface area contributed by atoms with Gasteiger partial charge in [-0.1, -0.05) is 0 Å². The van der Waals surface area contributed by atoms with Crippen molar-refractivity contribution in [1.29, 1.82) is 0 Å². The van der Waals surface area contributed by atoms with E-state index in [9.17, 15) is 0 Å². The van der Waals surface area contributed by atoms with Gasteiger partial charge in [0.25, 0.3) is 0 Å². The van der Waals surface area contributed by atoms with Crippen molar-refractivity contribution in [2.75, 3.05) is 0 Å². The van der Waals surface area contributed by atoms with Crippen molar-refractivity contribution >= 4 is 42.3 Å². The van der Waals surface area contributed by atoms with Crippen molar-refractivity contribution in [3.05, 3.63) is 51.8 Å². The first kappa shape index (κ1) is 18.6. The van der Waals surface area contributed by atoms with Gasteiger partial charge in [-0.2, -0.15) is 0 Å². The number of para-hydroxylation sites is 1. The molecule has 0 aliphatic heterocycles. The standard InChI is InChI=1S/C8H6N.C5H5.C3H6.CH3.2ClH.Zr/c1-2-4-8-7(3-1)5-6-9-8;1-2-4-5-3-1;1-3-2;;;;/h1-5,9H;1-3H,4H2;1-2H3;1H3;2*1H;. The van der Waals surface area contributed by atoms with E-state index in [0.717, 1.165) is 6.42 Å². The Labute approximate surface area is 143 Å². The Morgan fingerprint density at radius 3 is 2.43 bits per heavy atom. The zero-order valence-electron chi connectivity index (χ0n) is 12.6. The number of hydrogen-bond acceptors (Lipinski definition) is 0. The van der Waals surface area contributed by atoms with Gasteiger partial charge in [0.05, 0.1) is 0 Å². The maximum absolute atomic E-state index is 3.70. The first-order valence-corrected chi connectivity index (χ1v) is 13.0. The van der Waals surface area contributed by atoms with Crippen LogP contribution in [-0.4, -0.2) is 8.19 Å². The molecule has 0 bridgehead atoms. The van der Waals surface area contributed by atoms with Crippen molar-refractivity contribution < 1.29 is 19.8 Å². The normalized spacial score (nSPS) is 15.9. The van der Waals surface area contributed by atoms with Gasteiger partial charge in [-0.15, -0.1) is 24.8 Å². The molecule has 0 fully saturated rings. The molecule has 1 aromatic carbocycles. The van der Waals surface area contributed by atoms with Gasteiger partial charge in [-0.3, -0.25) is 0 Å². The van der Waals surface area contributed by atoms with E-state index in [1.54, 1.807) is 6.49 Å². The number of halogens is 2. The predicted molar refractivity (Wildman–Crippen MR) is 96.5 cm³/mol. The van der Waals surface area contributed by atoms with E-state index >= 15 is 0 Å². The monoisotopic (exact) mass is 400 g/mol. The molecule has 0 amide bonds. The van der Waals surface area contributed by atoms with E-state index in [-0.39, 0.29) is 24.8 Å². The van der Waals surface area contributed by atoms with Crippen molar-refractivity contribution in [3.63, 3.8) is 0 Å². The van der Waals surface area contributed by atoms with Gasteiger partial charge in [-0.25, -0.2) is 0 Å². The molecule has 1 aromatic heterocycles. The van der Waals surface area contributed by atoms with Crippen LogP contribution < -0.4 is 3.40 Å². The Morgan fingerprint density at radius 1 is 1.14 bits per heavy atom. The molecule has 0 radical (unpaired) electrons. The number of fused-ring (bicyclic) bond motifs is 1. The van der Waals surface area contributed by atoms with Crippen molar-refractivity contribution in [2.45, 2.75) is 24.9 Å². The number of nitrogens with one attached hydrogen (secondary N) is 1. The van der Waals surface area contributed by atoms with Crippen LogP contribution >= 0.6 is 24.8 Å². The van der Waals surface area contributed by atoms with Crippen molar-refractivity contribution in [2.24, 2.45) is 0 Å². The first-order valence-electron chi connectivity index (χ1n) is 6.87. The maximum atomic E-state index is 3.70. The molecule has 4 heteroatoms. The molecule has 1 aliphatic rings.